The number of H-pyrrole nitrogens is 1. The van der Waals surface area contributed by atoms with Gasteiger partial charge < -0.3 is 9.26 Å². The lowest BCUT2D eigenvalue weighted by atomic mass is 9.74. The molecule has 1 aliphatic rings. The van der Waals surface area contributed by atoms with Gasteiger partial charge in [0.25, 0.3) is 5.56 Å². The molecule has 0 bridgehead atoms. The molecule has 0 radical (unpaired) electrons. The van der Waals surface area contributed by atoms with Crippen LogP contribution in [0.1, 0.15) is 18.4 Å². The van der Waals surface area contributed by atoms with Gasteiger partial charge in [-0.1, -0.05) is 23.7 Å². The lowest BCUT2D eigenvalue weighted by molar-refractivity contribution is -0.0487. The Morgan fingerprint density at radius 1 is 1.24 bits per heavy atom. The zero-order valence-electron chi connectivity index (χ0n) is 12.9. The van der Waals surface area contributed by atoms with Gasteiger partial charge in [0.1, 0.15) is 17.5 Å². The highest BCUT2D eigenvalue weighted by Crippen LogP contribution is 2.46. The van der Waals surface area contributed by atoms with Gasteiger partial charge in [0.2, 0.25) is 5.88 Å². The topological polar surface area (TPSA) is 81.0 Å². The van der Waals surface area contributed by atoms with Gasteiger partial charge in [0, 0.05) is 17.9 Å². The van der Waals surface area contributed by atoms with E-state index in [1.165, 1.54) is 18.5 Å². The normalized spacial score (nSPS) is 22.4. The molecule has 128 valence electrons. The first-order valence-electron chi connectivity index (χ1n) is 7.64. The number of hydrogen-bond donors (Lipinski definition) is 1. The first-order valence-corrected chi connectivity index (χ1v) is 8.02. The molecule has 6 nitrogen and oxygen atoms in total. The molecule has 1 aliphatic carbocycles. The molecule has 2 heterocycles. The summed E-state index contributed by atoms with van der Waals surface area (Å²) in [5.41, 5.74) is -0.758. The molecule has 4 rings (SSSR count). The average molecular weight is 362 g/mol. The fraction of sp³-hybridized carbons (Fsp3) is 0.235. The average Bonchev–Trinajstić information content (AvgIpc) is 3.01. The van der Waals surface area contributed by atoms with Crippen molar-refractivity contribution >= 4 is 11.6 Å². The van der Waals surface area contributed by atoms with Crippen molar-refractivity contribution in [1.29, 1.82) is 0 Å². The van der Waals surface area contributed by atoms with E-state index in [1.54, 1.807) is 24.3 Å². The zero-order valence-corrected chi connectivity index (χ0v) is 13.7. The van der Waals surface area contributed by atoms with E-state index in [0.29, 0.717) is 27.9 Å². The van der Waals surface area contributed by atoms with E-state index in [1.807, 2.05) is 0 Å². The van der Waals surface area contributed by atoms with Crippen LogP contribution in [0.3, 0.4) is 0 Å². The quantitative estimate of drug-likeness (QED) is 0.769. The van der Waals surface area contributed by atoms with Gasteiger partial charge in [0.05, 0.1) is 18.5 Å². The van der Waals surface area contributed by atoms with Crippen LogP contribution in [0.4, 0.5) is 4.39 Å². The minimum Gasteiger partial charge on any atom is -0.473 e. The van der Waals surface area contributed by atoms with E-state index in [2.05, 4.69) is 15.1 Å². The van der Waals surface area contributed by atoms with Crippen molar-refractivity contribution in [3.63, 3.8) is 0 Å². The van der Waals surface area contributed by atoms with Crippen LogP contribution in [0.2, 0.25) is 5.02 Å². The van der Waals surface area contributed by atoms with Crippen molar-refractivity contribution in [3.8, 4) is 17.3 Å². The molecule has 1 saturated carbocycles. The molecule has 2 aromatic heterocycles. The molecule has 0 unspecified atom stereocenters. The van der Waals surface area contributed by atoms with Crippen LogP contribution in [0.15, 0.2) is 52.0 Å². The van der Waals surface area contributed by atoms with Crippen LogP contribution in [0.5, 0.6) is 5.88 Å². The molecule has 1 fully saturated rings. The number of rotatable bonds is 4. The van der Waals surface area contributed by atoms with Crippen LogP contribution in [0, 0.1) is 0 Å². The summed E-state index contributed by atoms with van der Waals surface area (Å²) in [6.45, 7) is 0. The van der Waals surface area contributed by atoms with Gasteiger partial charge in [-0.15, -0.1) is 0 Å². The molecule has 0 spiro atoms. The van der Waals surface area contributed by atoms with E-state index >= 15 is 0 Å². The predicted molar refractivity (Wildman–Crippen MR) is 88.2 cm³/mol. The number of alkyl halides is 1. The van der Waals surface area contributed by atoms with Crippen LogP contribution < -0.4 is 10.3 Å². The molecular weight excluding hydrogens is 349 g/mol. The van der Waals surface area contributed by atoms with Crippen molar-refractivity contribution in [1.82, 2.24) is 15.1 Å². The summed E-state index contributed by atoms with van der Waals surface area (Å²) < 4.78 is 25.4. The third-order valence-corrected chi connectivity index (χ3v) is 4.41. The molecular formula is C17H13ClFN3O3. The lowest BCUT2D eigenvalue weighted by Gasteiger charge is -2.41. The predicted octanol–water partition coefficient (Wildman–Crippen LogP) is 3.48. The number of halogens is 2. The van der Waals surface area contributed by atoms with Gasteiger partial charge in [-0.05, 0) is 17.7 Å². The second-order valence-corrected chi connectivity index (χ2v) is 6.37. The summed E-state index contributed by atoms with van der Waals surface area (Å²) in [7, 11) is 0. The first kappa shape index (κ1) is 15.8. The van der Waals surface area contributed by atoms with E-state index in [0.717, 1.165) is 0 Å². The summed E-state index contributed by atoms with van der Waals surface area (Å²) >= 11 is 5.83. The second kappa shape index (κ2) is 6.00. The van der Waals surface area contributed by atoms with Crippen molar-refractivity contribution < 1.29 is 13.7 Å². The van der Waals surface area contributed by atoms with Crippen LogP contribution in [-0.2, 0) is 5.67 Å². The minimum atomic E-state index is -1.41. The number of aromatic nitrogens is 3. The number of nitrogens with one attached hydrogen (secondary N) is 1. The van der Waals surface area contributed by atoms with Gasteiger partial charge in [-0.3, -0.25) is 4.79 Å². The summed E-state index contributed by atoms with van der Waals surface area (Å²) in [5.74, 6) is 0.586. The Bertz CT molecular complexity index is 931. The second-order valence-electron chi connectivity index (χ2n) is 5.94. The standard InChI is InChI=1S/C17H13ClFN3O3/c18-11-3-1-10(2-4-11)17(19)6-12(7-17)24-16-9-20-13(8-21-16)14-5-15(23)22-25-14/h1-5,8-9,12H,6-7H2,(H,22,23). The molecule has 0 aliphatic heterocycles. The fourth-order valence-electron chi connectivity index (χ4n) is 2.81. The fourth-order valence-corrected chi connectivity index (χ4v) is 2.94. The number of ether oxygens (including phenoxy) is 1. The number of hydrogen-bond acceptors (Lipinski definition) is 5. The molecule has 8 heteroatoms. The summed E-state index contributed by atoms with van der Waals surface area (Å²) in [4.78, 5) is 19.3. The third kappa shape index (κ3) is 3.15. The Morgan fingerprint density at radius 3 is 2.60 bits per heavy atom. The Kier molecular flexibility index (Phi) is 3.80. The van der Waals surface area contributed by atoms with Crippen molar-refractivity contribution in [3.05, 3.63) is 63.7 Å². The van der Waals surface area contributed by atoms with E-state index in [9.17, 15) is 9.18 Å². The SMILES string of the molecule is O=c1cc(-c2cnc(OC3CC(F)(c4ccc(Cl)cc4)C3)cn2)o[nH]1. The van der Waals surface area contributed by atoms with E-state index in [-0.39, 0.29) is 24.5 Å². The van der Waals surface area contributed by atoms with Crippen LogP contribution >= 0.6 is 11.6 Å². The molecule has 0 atom stereocenters. The highest BCUT2D eigenvalue weighted by atomic mass is 35.5. The maximum Gasteiger partial charge on any atom is 0.280 e. The Balaban J connectivity index is 1.39. The maximum atomic E-state index is 14.8. The van der Waals surface area contributed by atoms with Gasteiger partial charge in [-0.2, -0.15) is 5.16 Å². The minimum absolute atomic E-state index is 0.241. The molecule has 0 amide bonds. The molecule has 3 aromatic rings. The number of nitrogens with zero attached hydrogens (tertiary/aromatic N) is 2. The van der Waals surface area contributed by atoms with Gasteiger partial charge >= 0.3 is 0 Å². The zero-order chi connectivity index (χ0) is 17.4. The largest absolute Gasteiger partial charge is 0.473 e. The summed E-state index contributed by atoms with van der Waals surface area (Å²) in [6.07, 6.45) is 3.06. The maximum absolute atomic E-state index is 14.8. The summed E-state index contributed by atoms with van der Waals surface area (Å²) in [6, 6.07) is 8.02. The monoisotopic (exact) mass is 361 g/mol. The highest BCUT2D eigenvalue weighted by molar-refractivity contribution is 6.30. The molecule has 1 N–H and O–H groups in total. The van der Waals surface area contributed by atoms with E-state index in [4.69, 9.17) is 20.9 Å². The van der Waals surface area contributed by atoms with Crippen molar-refractivity contribution in [2.24, 2.45) is 0 Å². The Morgan fingerprint density at radius 2 is 2.00 bits per heavy atom. The lowest BCUT2D eigenvalue weighted by Crippen LogP contribution is -2.44. The number of aromatic amines is 1. The Hall–Kier alpha value is -2.67. The van der Waals surface area contributed by atoms with Crippen LogP contribution in [-0.4, -0.2) is 21.2 Å². The third-order valence-electron chi connectivity index (χ3n) is 4.16. The molecule has 25 heavy (non-hydrogen) atoms. The van der Waals surface area contributed by atoms with Crippen molar-refractivity contribution in [2.45, 2.75) is 24.6 Å². The molecule has 0 saturated heterocycles. The van der Waals surface area contributed by atoms with Gasteiger partial charge in [-0.25, -0.2) is 14.4 Å². The first-order chi connectivity index (χ1) is 12.0. The van der Waals surface area contributed by atoms with Crippen molar-refractivity contribution in [2.75, 3.05) is 0 Å². The van der Waals surface area contributed by atoms with Crippen LogP contribution in [0.25, 0.3) is 11.5 Å². The smallest absolute Gasteiger partial charge is 0.280 e. The molecule has 1 aromatic carbocycles. The highest BCUT2D eigenvalue weighted by Gasteiger charge is 2.47. The van der Waals surface area contributed by atoms with Gasteiger partial charge in [0.15, 0.2) is 5.76 Å². The number of benzene rings is 1. The van der Waals surface area contributed by atoms with E-state index < -0.39 is 5.67 Å². The Labute approximate surface area is 146 Å². The summed E-state index contributed by atoms with van der Waals surface area (Å²) in [5, 5.41) is 2.76.